The molecule has 17 heavy (non-hydrogen) atoms. The molecule has 2 N–H and O–H groups in total. The van der Waals surface area contributed by atoms with Gasteiger partial charge < -0.3 is 10.6 Å². The zero-order valence-corrected chi connectivity index (χ0v) is 11.2. The van der Waals surface area contributed by atoms with E-state index in [1.807, 2.05) is 25.1 Å². The predicted octanol–water partition coefficient (Wildman–Crippen LogP) is 2.29. The highest BCUT2D eigenvalue weighted by atomic mass is 35.5. The number of nitrogens with one attached hydrogen (secondary N) is 2. The average molecular weight is 271 g/mol. The lowest BCUT2D eigenvalue weighted by Crippen LogP contribution is -2.46. The number of amides is 1. The smallest absolute Gasteiger partial charge is 0.242 e. The Hall–Kier alpha value is -0.710. The molecule has 92 valence electrons. The topological polar surface area (TPSA) is 41.1 Å². The van der Waals surface area contributed by atoms with Gasteiger partial charge in [0.05, 0.1) is 6.04 Å². The number of rotatable bonds is 2. The molecule has 1 aliphatic heterocycles. The molecule has 1 heterocycles. The summed E-state index contributed by atoms with van der Waals surface area (Å²) in [5.74, 6) is 1.91. The first kappa shape index (κ1) is 12.7. The molecule has 1 unspecified atom stereocenters. The van der Waals surface area contributed by atoms with Gasteiger partial charge in [0, 0.05) is 28.8 Å². The Kier molecular flexibility index (Phi) is 4.31. The van der Waals surface area contributed by atoms with E-state index in [4.69, 9.17) is 11.6 Å². The first-order chi connectivity index (χ1) is 8.18. The van der Waals surface area contributed by atoms with Gasteiger partial charge in [0.15, 0.2) is 0 Å². The number of anilines is 1. The van der Waals surface area contributed by atoms with Gasteiger partial charge in [-0.05, 0) is 24.6 Å². The van der Waals surface area contributed by atoms with Crippen LogP contribution in [0.25, 0.3) is 0 Å². The maximum absolute atomic E-state index is 12.0. The lowest BCUT2D eigenvalue weighted by molar-refractivity contribution is -0.117. The third kappa shape index (κ3) is 3.15. The highest BCUT2D eigenvalue weighted by Gasteiger charge is 2.21. The second-order valence-corrected chi connectivity index (χ2v) is 5.54. The largest absolute Gasteiger partial charge is 0.324 e. The van der Waals surface area contributed by atoms with Crippen molar-refractivity contribution in [2.75, 3.05) is 23.4 Å². The fraction of sp³-hybridized carbons (Fsp3) is 0.417. The van der Waals surface area contributed by atoms with Crippen LogP contribution in [0.15, 0.2) is 18.2 Å². The summed E-state index contributed by atoms with van der Waals surface area (Å²) in [4.78, 5) is 12.0. The van der Waals surface area contributed by atoms with E-state index in [1.54, 1.807) is 11.8 Å². The quantitative estimate of drug-likeness (QED) is 0.866. The summed E-state index contributed by atoms with van der Waals surface area (Å²) in [5.41, 5.74) is 1.70. The van der Waals surface area contributed by atoms with Crippen LogP contribution in [0.2, 0.25) is 5.02 Å². The first-order valence-electron chi connectivity index (χ1n) is 5.55. The van der Waals surface area contributed by atoms with E-state index >= 15 is 0 Å². The zero-order valence-electron chi connectivity index (χ0n) is 9.63. The number of benzene rings is 1. The third-order valence-electron chi connectivity index (χ3n) is 2.76. The van der Waals surface area contributed by atoms with Crippen molar-refractivity contribution in [3.63, 3.8) is 0 Å². The van der Waals surface area contributed by atoms with Gasteiger partial charge in [-0.3, -0.25) is 4.79 Å². The van der Waals surface area contributed by atoms with Crippen molar-refractivity contribution in [2.24, 2.45) is 0 Å². The van der Waals surface area contributed by atoms with Crippen molar-refractivity contribution in [3.05, 3.63) is 28.8 Å². The van der Waals surface area contributed by atoms with E-state index in [1.165, 1.54) is 0 Å². The van der Waals surface area contributed by atoms with E-state index in [9.17, 15) is 4.79 Å². The molecule has 0 radical (unpaired) electrons. The van der Waals surface area contributed by atoms with Gasteiger partial charge in [-0.2, -0.15) is 11.8 Å². The Balaban J connectivity index is 2.04. The van der Waals surface area contributed by atoms with Crippen LogP contribution in [0.4, 0.5) is 5.69 Å². The number of carbonyl (C=O) groups excluding carboxylic acids is 1. The molecule has 1 fully saturated rings. The summed E-state index contributed by atoms with van der Waals surface area (Å²) in [6.07, 6.45) is 0. The van der Waals surface area contributed by atoms with E-state index < -0.39 is 0 Å². The fourth-order valence-electron chi connectivity index (χ4n) is 1.70. The maximum Gasteiger partial charge on any atom is 0.242 e. The summed E-state index contributed by atoms with van der Waals surface area (Å²) in [5, 5.41) is 6.80. The molecule has 1 aliphatic rings. The summed E-state index contributed by atoms with van der Waals surface area (Å²) >= 11 is 7.81. The maximum atomic E-state index is 12.0. The van der Waals surface area contributed by atoms with Crippen LogP contribution in [0.5, 0.6) is 0 Å². The second-order valence-electron chi connectivity index (χ2n) is 3.98. The van der Waals surface area contributed by atoms with Crippen LogP contribution in [0.3, 0.4) is 0 Å². The lowest BCUT2D eigenvalue weighted by Gasteiger charge is -2.22. The normalized spacial score (nSPS) is 20.0. The highest BCUT2D eigenvalue weighted by molar-refractivity contribution is 7.99. The van der Waals surface area contributed by atoms with Crippen LogP contribution < -0.4 is 10.6 Å². The highest BCUT2D eigenvalue weighted by Crippen LogP contribution is 2.23. The zero-order chi connectivity index (χ0) is 12.3. The molecule has 2 rings (SSSR count). The monoisotopic (exact) mass is 270 g/mol. The van der Waals surface area contributed by atoms with Crippen LogP contribution in [-0.4, -0.2) is 30.0 Å². The van der Waals surface area contributed by atoms with Gasteiger partial charge in [-0.15, -0.1) is 0 Å². The number of hydrogen-bond donors (Lipinski definition) is 2. The molecule has 0 aliphatic carbocycles. The molecule has 1 aromatic carbocycles. The Morgan fingerprint density at radius 3 is 3.12 bits per heavy atom. The summed E-state index contributed by atoms with van der Waals surface area (Å²) < 4.78 is 0. The number of thioether (sulfide) groups is 1. The molecule has 0 bridgehead atoms. The minimum absolute atomic E-state index is 0.0163. The molecular formula is C12H15ClN2OS. The molecule has 1 amide bonds. The van der Waals surface area contributed by atoms with Gasteiger partial charge in [0.2, 0.25) is 5.91 Å². The number of carbonyl (C=O) groups is 1. The molecule has 0 saturated carbocycles. The minimum atomic E-state index is -0.105. The van der Waals surface area contributed by atoms with Gasteiger partial charge in [-0.25, -0.2) is 0 Å². The van der Waals surface area contributed by atoms with Crippen molar-refractivity contribution >= 4 is 35.0 Å². The lowest BCUT2D eigenvalue weighted by atomic mass is 10.2. The molecule has 0 aromatic heterocycles. The van der Waals surface area contributed by atoms with Gasteiger partial charge >= 0.3 is 0 Å². The molecule has 0 spiro atoms. The van der Waals surface area contributed by atoms with Crippen LogP contribution in [0, 0.1) is 6.92 Å². The second kappa shape index (κ2) is 5.76. The Bertz CT molecular complexity index is 419. The van der Waals surface area contributed by atoms with Crippen LogP contribution in [-0.2, 0) is 4.79 Å². The third-order valence-corrected chi connectivity index (χ3v) is 4.24. The van der Waals surface area contributed by atoms with Crippen LogP contribution >= 0.6 is 23.4 Å². The SMILES string of the molecule is Cc1c(Cl)cccc1NC(=O)C1CSCCN1. The number of hydrogen-bond acceptors (Lipinski definition) is 3. The molecule has 3 nitrogen and oxygen atoms in total. The summed E-state index contributed by atoms with van der Waals surface area (Å²) in [6.45, 7) is 2.79. The van der Waals surface area contributed by atoms with Crippen LogP contribution in [0.1, 0.15) is 5.56 Å². The summed E-state index contributed by atoms with van der Waals surface area (Å²) in [6, 6.07) is 5.43. The minimum Gasteiger partial charge on any atom is -0.324 e. The van der Waals surface area contributed by atoms with Gasteiger partial charge in [0.25, 0.3) is 0 Å². The van der Waals surface area contributed by atoms with Gasteiger partial charge in [0.1, 0.15) is 0 Å². The fourth-order valence-corrected chi connectivity index (χ4v) is 2.80. The van der Waals surface area contributed by atoms with Crippen molar-refractivity contribution in [1.29, 1.82) is 0 Å². The van der Waals surface area contributed by atoms with E-state index in [-0.39, 0.29) is 11.9 Å². The molecule has 1 aromatic rings. The van der Waals surface area contributed by atoms with Crippen molar-refractivity contribution in [3.8, 4) is 0 Å². The van der Waals surface area contributed by atoms with Crippen molar-refractivity contribution in [2.45, 2.75) is 13.0 Å². The average Bonchev–Trinajstić information content (AvgIpc) is 2.36. The van der Waals surface area contributed by atoms with Crippen molar-refractivity contribution in [1.82, 2.24) is 5.32 Å². The Morgan fingerprint density at radius 2 is 2.41 bits per heavy atom. The molecule has 1 saturated heterocycles. The van der Waals surface area contributed by atoms with E-state index in [2.05, 4.69) is 10.6 Å². The van der Waals surface area contributed by atoms with E-state index in [0.717, 1.165) is 29.3 Å². The number of halogens is 1. The summed E-state index contributed by atoms with van der Waals surface area (Å²) in [7, 11) is 0. The van der Waals surface area contributed by atoms with Crippen molar-refractivity contribution < 1.29 is 4.79 Å². The van der Waals surface area contributed by atoms with E-state index in [0.29, 0.717) is 5.02 Å². The predicted molar refractivity (Wildman–Crippen MR) is 73.9 cm³/mol. The molecular weight excluding hydrogens is 256 g/mol. The Morgan fingerprint density at radius 1 is 1.59 bits per heavy atom. The van der Waals surface area contributed by atoms with Gasteiger partial charge in [-0.1, -0.05) is 17.7 Å². The molecule has 1 atom stereocenters. The standard InChI is InChI=1S/C12H15ClN2OS/c1-8-9(13)3-2-4-10(8)15-12(16)11-7-17-6-5-14-11/h2-4,11,14H,5-7H2,1H3,(H,15,16). The Labute approximate surface area is 110 Å². The first-order valence-corrected chi connectivity index (χ1v) is 7.09. The molecule has 5 heteroatoms.